The van der Waals surface area contributed by atoms with Crippen molar-refractivity contribution in [1.29, 1.82) is 0 Å². The maximum Gasteiger partial charge on any atom is 0.151 e. The molecule has 110 valence electrons. The van der Waals surface area contributed by atoms with E-state index in [-0.39, 0.29) is 11.0 Å². The predicted molar refractivity (Wildman–Crippen MR) is 78.5 cm³/mol. The van der Waals surface area contributed by atoms with Gasteiger partial charge in [-0.1, -0.05) is 32.4 Å². The third-order valence-electron chi connectivity index (χ3n) is 4.33. The molecule has 1 rings (SSSR count). The van der Waals surface area contributed by atoms with E-state index < -0.39 is 6.29 Å². The van der Waals surface area contributed by atoms with E-state index in [1.807, 2.05) is 14.1 Å². The monoisotopic (exact) mass is 268 g/mol. The summed E-state index contributed by atoms with van der Waals surface area (Å²) in [7, 11) is 3.88. The molecule has 2 unspecified atom stereocenters. The molecule has 19 heavy (non-hydrogen) atoms. The normalized spacial score (nSPS) is 26.2. The van der Waals surface area contributed by atoms with Crippen LogP contribution < -0.4 is 10.6 Å². The molecule has 0 saturated carbocycles. The molecule has 4 N–H and O–H groups in total. The standard InChI is InChI=1S/C15H28N2O2/c1-5-14(2,10-13(18)19)11-15(17-4)8-6-12(16-3)7-9-15/h6-8,13,16-19H,5,9-11H2,1-4H3. The van der Waals surface area contributed by atoms with Crippen molar-refractivity contribution >= 4 is 0 Å². The molecule has 0 radical (unpaired) electrons. The summed E-state index contributed by atoms with van der Waals surface area (Å²) in [4.78, 5) is 0. The Balaban J connectivity index is 2.82. The van der Waals surface area contributed by atoms with Crippen molar-refractivity contribution in [1.82, 2.24) is 10.6 Å². The van der Waals surface area contributed by atoms with Gasteiger partial charge in [0, 0.05) is 24.7 Å². The number of hydrogen-bond acceptors (Lipinski definition) is 4. The summed E-state index contributed by atoms with van der Waals surface area (Å²) in [6, 6.07) is 0. The Morgan fingerprint density at radius 2 is 2.11 bits per heavy atom. The van der Waals surface area contributed by atoms with Crippen LogP contribution in [0.2, 0.25) is 0 Å². The van der Waals surface area contributed by atoms with E-state index in [4.69, 9.17) is 0 Å². The maximum atomic E-state index is 9.28. The predicted octanol–water partition coefficient (Wildman–Crippen LogP) is 1.51. The summed E-state index contributed by atoms with van der Waals surface area (Å²) in [6.07, 6.45) is 8.34. The van der Waals surface area contributed by atoms with E-state index in [9.17, 15) is 10.2 Å². The van der Waals surface area contributed by atoms with Gasteiger partial charge >= 0.3 is 0 Å². The molecule has 1 aliphatic rings. The highest BCUT2D eigenvalue weighted by Crippen LogP contribution is 2.39. The van der Waals surface area contributed by atoms with E-state index in [0.29, 0.717) is 6.42 Å². The third-order valence-corrected chi connectivity index (χ3v) is 4.33. The fraction of sp³-hybridized carbons (Fsp3) is 0.733. The van der Waals surface area contributed by atoms with Gasteiger partial charge in [0.25, 0.3) is 0 Å². The molecule has 0 aromatic carbocycles. The Morgan fingerprint density at radius 1 is 1.42 bits per heavy atom. The third kappa shape index (κ3) is 4.34. The molecule has 0 heterocycles. The lowest BCUT2D eigenvalue weighted by Gasteiger charge is -2.41. The van der Waals surface area contributed by atoms with E-state index in [1.165, 1.54) is 0 Å². The van der Waals surface area contributed by atoms with Gasteiger partial charge in [-0.15, -0.1) is 0 Å². The average Bonchev–Trinajstić information content (AvgIpc) is 2.38. The van der Waals surface area contributed by atoms with Crippen molar-refractivity contribution in [2.75, 3.05) is 14.1 Å². The highest BCUT2D eigenvalue weighted by atomic mass is 16.5. The molecule has 0 aromatic rings. The van der Waals surface area contributed by atoms with Gasteiger partial charge in [0.2, 0.25) is 0 Å². The number of hydrogen-bond donors (Lipinski definition) is 4. The van der Waals surface area contributed by atoms with Crippen molar-refractivity contribution in [2.45, 2.75) is 51.4 Å². The molecule has 4 nitrogen and oxygen atoms in total. The van der Waals surface area contributed by atoms with Gasteiger partial charge in [0.1, 0.15) is 0 Å². The fourth-order valence-electron chi connectivity index (χ4n) is 2.81. The number of likely N-dealkylation sites (N-methyl/N-ethyl adjacent to an activating group) is 2. The summed E-state index contributed by atoms with van der Waals surface area (Å²) in [5.41, 5.74) is 0.943. The summed E-state index contributed by atoms with van der Waals surface area (Å²) in [5.74, 6) is 0. The van der Waals surface area contributed by atoms with Crippen LogP contribution in [0.3, 0.4) is 0 Å². The van der Waals surface area contributed by atoms with Crippen LogP contribution in [-0.4, -0.2) is 36.1 Å². The lowest BCUT2D eigenvalue weighted by molar-refractivity contribution is -0.0748. The zero-order valence-electron chi connectivity index (χ0n) is 12.5. The van der Waals surface area contributed by atoms with Crippen molar-refractivity contribution in [3.05, 3.63) is 23.9 Å². The van der Waals surface area contributed by atoms with Gasteiger partial charge < -0.3 is 20.8 Å². The minimum atomic E-state index is -1.24. The van der Waals surface area contributed by atoms with E-state index in [0.717, 1.165) is 25.0 Å². The molecule has 0 aromatic heterocycles. The lowest BCUT2D eigenvalue weighted by atomic mass is 9.70. The second kappa shape index (κ2) is 6.55. The zero-order chi connectivity index (χ0) is 14.5. The number of allylic oxidation sites excluding steroid dienone is 1. The summed E-state index contributed by atoms with van der Waals surface area (Å²) in [5, 5.41) is 25.1. The molecule has 0 spiro atoms. The van der Waals surface area contributed by atoms with Gasteiger partial charge in [0.05, 0.1) is 0 Å². The first-order valence-electron chi connectivity index (χ1n) is 7.01. The largest absolute Gasteiger partial charge is 0.388 e. The van der Waals surface area contributed by atoms with Crippen molar-refractivity contribution < 1.29 is 10.2 Å². The number of aliphatic hydroxyl groups is 2. The molecule has 0 bridgehead atoms. The van der Waals surface area contributed by atoms with Gasteiger partial charge in [-0.25, -0.2) is 0 Å². The van der Waals surface area contributed by atoms with E-state index in [1.54, 1.807) is 0 Å². The van der Waals surface area contributed by atoms with Crippen LogP contribution in [0.5, 0.6) is 0 Å². The van der Waals surface area contributed by atoms with Crippen molar-refractivity contribution in [3.8, 4) is 0 Å². The molecule has 0 amide bonds. The van der Waals surface area contributed by atoms with Crippen molar-refractivity contribution in [2.24, 2.45) is 5.41 Å². The highest BCUT2D eigenvalue weighted by Gasteiger charge is 2.36. The minimum absolute atomic E-state index is 0.0908. The topological polar surface area (TPSA) is 64.5 Å². The van der Waals surface area contributed by atoms with Crippen LogP contribution in [0, 0.1) is 5.41 Å². The Labute approximate surface area is 116 Å². The Hall–Kier alpha value is -0.840. The smallest absolute Gasteiger partial charge is 0.151 e. The quantitative estimate of drug-likeness (QED) is 0.529. The molecule has 1 aliphatic carbocycles. The van der Waals surface area contributed by atoms with Gasteiger partial charge in [-0.2, -0.15) is 0 Å². The number of aliphatic hydroxyl groups excluding tert-OH is 1. The summed E-state index contributed by atoms with van der Waals surface area (Å²) < 4.78 is 0. The first-order valence-corrected chi connectivity index (χ1v) is 7.01. The molecular weight excluding hydrogens is 240 g/mol. The van der Waals surface area contributed by atoms with Gasteiger partial charge in [-0.05, 0) is 31.4 Å². The number of nitrogens with one attached hydrogen (secondary N) is 2. The van der Waals surface area contributed by atoms with Gasteiger partial charge in [-0.3, -0.25) is 0 Å². The van der Waals surface area contributed by atoms with Crippen LogP contribution in [-0.2, 0) is 0 Å². The van der Waals surface area contributed by atoms with E-state index in [2.05, 4.69) is 42.7 Å². The molecule has 4 heteroatoms. The molecule has 2 atom stereocenters. The van der Waals surface area contributed by atoms with Crippen LogP contribution in [0.25, 0.3) is 0 Å². The zero-order valence-corrected chi connectivity index (χ0v) is 12.5. The second-order valence-electron chi connectivity index (χ2n) is 5.88. The van der Waals surface area contributed by atoms with Crippen LogP contribution in [0.15, 0.2) is 23.9 Å². The van der Waals surface area contributed by atoms with Crippen molar-refractivity contribution in [3.63, 3.8) is 0 Å². The fourth-order valence-corrected chi connectivity index (χ4v) is 2.81. The van der Waals surface area contributed by atoms with Crippen LogP contribution >= 0.6 is 0 Å². The van der Waals surface area contributed by atoms with Crippen LogP contribution in [0.1, 0.15) is 39.5 Å². The molecule has 0 saturated heterocycles. The second-order valence-corrected chi connectivity index (χ2v) is 5.88. The SMILES string of the molecule is CCC(C)(CC(O)O)CC1(NC)C=CC(NC)=CC1. The Morgan fingerprint density at radius 3 is 2.47 bits per heavy atom. The highest BCUT2D eigenvalue weighted by molar-refractivity contribution is 5.28. The molecular formula is C15H28N2O2. The summed E-state index contributed by atoms with van der Waals surface area (Å²) >= 11 is 0. The number of rotatable bonds is 7. The first kappa shape index (κ1) is 16.2. The average molecular weight is 268 g/mol. The van der Waals surface area contributed by atoms with Crippen LogP contribution in [0.4, 0.5) is 0 Å². The lowest BCUT2D eigenvalue weighted by Crippen LogP contribution is -2.46. The Bertz CT molecular complexity index is 352. The first-order chi connectivity index (χ1) is 8.88. The Kier molecular flexibility index (Phi) is 5.59. The van der Waals surface area contributed by atoms with Gasteiger partial charge in [0.15, 0.2) is 6.29 Å². The molecule has 0 aliphatic heterocycles. The summed E-state index contributed by atoms with van der Waals surface area (Å²) in [6.45, 7) is 4.23. The van der Waals surface area contributed by atoms with E-state index >= 15 is 0 Å². The molecule has 0 fully saturated rings. The minimum Gasteiger partial charge on any atom is -0.388 e. The maximum absolute atomic E-state index is 9.28.